The second-order valence-corrected chi connectivity index (χ2v) is 17.1. The smallest absolute Gasteiger partial charge is 0.364 e. The number of nitrogens with one attached hydrogen (secondary N) is 3. The molecule has 2 unspecified atom stereocenters. The molecule has 7 N–H and O–H groups in total. The van der Waals surface area contributed by atoms with E-state index in [9.17, 15) is 66.4 Å². The number of aromatic nitrogens is 3. The van der Waals surface area contributed by atoms with Crippen LogP contribution in [0.1, 0.15) is 96.5 Å². The molecule has 3 amide bonds. The molecular weight excluding hydrogens is 1020 g/mol. The number of hydrogen-bond donors (Lipinski definition) is 7. The van der Waals surface area contributed by atoms with Crippen LogP contribution in [-0.4, -0.2) is 163 Å². The van der Waals surface area contributed by atoms with Crippen LogP contribution in [0.3, 0.4) is 0 Å². The highest BCUT2D eigenvalue weighted by atomic mass is 19.2. The lowest BCUT2D eigenvalue weighted by Gasteiger charge is -2.27. The SMILES string of the molecule is CCCCC.O=CNCCCCCCO[C@@](O)(CCC(CCC(O)CNC(=O)Cc1ccc(-c2cn(CCOCCOCCOCCOCCC(=O)Oc3c(F)c(F)c(F)c(F)c3F)nn2)cc1)NC(=O)CO)C(=O)O. The molecule has 0 bridgehead atoms. The van der Waals surface area contributed by atoms with Gasteiger partial charge in [-0.2, -0.15) is 8.78 Å². The largest absolute Gasteiger partial charge is 0.477 e. The number of benzene rings is 2. The third kappa shape index (κ3) is 26.8. The molecule has 0 aliphatic heterocycles. The number of carbonyl (C=O) groups excluding carboxylic acids is 4. The van der Waals surface area contributed by atoms with Gasteiger partial charge in [-0.25, -0.2) is 22.6 Å². The van der Waals surface area contributed by atoms with E-state index in [4.69, 9.17) is 23.7 Å². The number of nitrogens with zero attached hydrogens (tertiary/aromatic N) is 3. The number of hydrogen-bond acceptors (Lipinski definition) is 16. The maximum Gasteiger partial charge on any atom is 0.364 e. The van der Waals surface area contributed by atoms with Crippen LogP contribution in [0.2, 0.25) is 0 Å². The molecule has 3 rings (SSSR count). The summed E-state index contributed by atoms with van der Waals surface area (Å²) < 4.78 is 99.5. The van der Waals surface area contributed by atoms with Crippen molar-refractivity contribution in [3.8, 4) is 17.0 Å². The van der Waals surface area contributed by atoms with Gasteiger partial charge in [0.05, 0.1) is 91.1 Å². The van der Waals surface area contributed by atoms with Crippen LogP contribution in [0.5, 0.6) is 5.75 Å². The molecule has 1 heterocycles. The van der Waals surface area contributed by atoms with Gasteiger partial charge in [0.25, 0.3) is 5.79 Å². The second-order valence-electron chi connectivity index (χ2n) is 17.1. The average Bonchev–Trinajstić information content (AvgIpc) is 3.89. The van der Waals surface area contributed by atoms with Crippen LogP contribution in [-0.2, 0) is 60.6 Å². The third-order valence-electron chi connectivity index (χ3n) is 11.0. The Morgan fingerprint density at radius 1 is 0.750 bits per heavy atom. The van der Waals surface area contributed by atoms with Crippen LogP contribution >= 0.6 is 0 Å². The zero-order chi connectivity index (χ0) is 56.1. The van der Waals surface area contributed by atoms with Crippen LogP contribution < -0.4 is 20.7 Å². The quantitative estimate of drug-likeness (QED) is 0.00617. The monoisotopic (exact) mass is 1090 g/mol. The number of carboxylic acids is 1. The zero-order valence-electron chi connectivity index (χ0n) is 43.0. The van der Waals surface area contributed by atoms with E-state index in [1.54, 1.807) is 35.1 Å². The fourth-order valence-electron chi connectivity index (χ4n) is 6.73. The summed E-state index contributed by atoms with van der Waals surface area (Å²) in [5, 5.41) is 56.2. The molecule has 0 radical (unpaired) electrons. The van der Waals surface area contributed by atoms with E-state index in [2.05, 4.69) is 44.8 Å². The number of aliphatic carboxylic acids is 1. The van der Waals surface area contributed by atoms with Gasteiger partial charge in [-0.15, -0.1) is 5.10 Å². The van der Waals surface area contributed by atoms with Crippen LogP contribution in [0.4, 0.5) is 22.0 Å². The lowest BCUT2D eigenvalue weighted by atomic mass is 9.99. The summed E-state index contributed by atoms with van der Waals surface area (Å²) >= 11 is 0. The van der Waals surface area contributed by atoms with Gasteiger partial charge >= 0.3 is 11.9 Å². The minimum Gasteiger partial charge on any atom is -0.477 e. The van der Waals surface area contributed by atoms with E-state index in [0.717, 1.165) is 18.4 Å². The molecular formula is C50H73F5N6O15. The first kappa shape index (κ1) is 66.4. The zero-order valence-corrected chi connectivity index (χ0v) is 43.0. The van der Waals surface area contributed by atoms with Crippen molar-refractivity contribution in [2.75, 3.05) is 79.2 Å². The number of ether oxygens (including phenoxy) is 6. The van der Waals surface area contributed by atoms with Crippen molar-refractivity contribution in [1.29, 1.82) is 0 Å². The second kappa shape index (κ2) is 38.7. The first-order valence-corrected chi connectivity index (χ1v) is 25.1. The Bertz CT molecular complexity index is 2130. The Balaban J connectivity index is 0.00000376. The van der Waals surface area contributed by atoms with E-state index >= 15 is 0 Å². The minimum atomic E-state index is -2.52. The van der Waals surface area contributed by atoms with Gasteiger partial charge in [0, 0.05) is 31.1 Å². The van der Waals surface area contributed by atoms with E-state index in [1.807, 2.05) is 0 Å². The molecule has 3 aromatic rings. The molecule has 0 spiro atoms. The predicted octanol–water partition coefficient (Wildman–Crippen LogP) is 4.05. The van der Waals surface area contributed by atoms with Crippen molar-refractivity contribution < 1.29 is 94.8 Å². The first-order chi connectivity index (χ1) is 36.5. The summed E-state index contributed by atoms with van der Waals surface area (Å²) in [5.74, 6) is -19.5. The summed E-state index contributed by atoms with van der Waals surface area (Å²) in [6, 6.07) is 6.35. The van der Waals surface area contributed by atoms with Crippen molar-refractivity contribution in [1.82, 2.24) is 30.9 Å². The van der Waals surface area contributed by atoms with Gasteiger partial charge in [0.15, 0.2) is 0 Å². The molecule has 2 aromatic carbocycles. The number of aliphatic hydroxyl groups excluding tert-OH is 2. The van der Waals surface area contributed by atoms with Crippen molar-refractivity contribution in [3.05, 3.63) is 65.1 Å². The highest BCUT2D eigenvalue weighted by Gasteiger charge is 2.38. The molecule has 0 aliphatic rings. The molecule has 76 heavy (non-hydrogen) atoms. The summed E-state index contributed by atoms with van der Waals surface area (Å²) in [6.45, 7) is 5.61. The highest BCUT2D eigenvalue weighted by Crippen LogP contribution is 2.29. The number of rotatable bonds is 41. The van der Waals surface area contributed by atoms with Crippen molar-refractivity contribution in [3.63, 3.8) is 0 Å². The Labute approximate surface area is 438 Å². The van der Waals surface area contributed by atoms with Gasteiger partial charge in [0.1, 0.15) is 12.3 Å². The molecule has 0 fully saturated rings. The summed E-state index contributed by atoms with van der Waals surface area (Å²) in [7, 11) is 0. The van der Waals surface area contributed by atoms with Crippen LogP contribution in [0, 0.1) is 29.1 Å². The van der Waals surface area contributed by atoms with E-state index in [-0.39, 0.29) is 97.4 Å². The molecule has 26 heteroatoms. The Hall–Kier alpha value is -5.74. The number of carbonyl (C=O) groups is 5. The molecule has 1 aromatic heterocycles. The van der Waals surface area contributed by atoms with E-state index < -0.39 is 83.6 Å². The number of unbranched alkanes of at least 4 members (excludes halogenated alkanes) is 5. The van der Waals surface area contributed by atoms with Crippen molar-refractivity contribution in [2.45, 2.75) is 122 Å². The van der Waals surface area contributed by atoms with Gasteiger partial charge in [-0.3, -0.25) is 19.2 Å². The van der Waals surface area contributed by atoms with E-state index in [1.165, 1.54) is 19.3 Å². The van der Waals surface area contributed by atoms with Gasteiger partial charge in [-0.1, -0.05) is 75.4 Å². The molecule has 21 nitrogen and oxygen atoms in total. The maximum atomic E-state index is 13.6. The van der Waals surface area contributed by atoms with Gasteiger partial charge < -0.3 is 64.8 Å². The highest BCUT2D eigenvalue weighted by molar-refractivity contribution is 5.79. The fourth-order valence-corrected chi connectivity index (χ4v) is 6.73. The number of aliphatic hydroxyl groups is 3. The van der Waals surface area contributed by atoms with Crippen LogP contribution in [0.15, 0.2) is 30.5 Å². The molecule has 0 aliphatic carbocycles. The number of carboxylic acid groups (broad SMARTS) is 1. The van der Waals surface area contributed by atoms with Gasteiger partial charge in [-0.05, 0) is 37.7 Å². The summed E-state index contributed by atoms with van der Waals surface area (Å²) in [5.41, 5.74) is 2.03. The summed E-state index contributed by atoms with van der Waals surface area (Å²) in [6.07, 6.45) is 7.33. The third-order valence-corrected chi connectivity index (χ3v) is 11.0. The number of amides is 3. The molecule has 428 valence electrons. The Morgan fingerprint density at radius 3 is 1.92 bits per heavy atom. The molecule has 0 saturated heterocycles. The Kier molecular flexibility index (Phi) is 33.8. The lowest BCUT2D eigenvalue weighted by Crippen LogP contribution is -2.45. The van der Waals surface area contributed by atoms with Crippen molar-refractivity contribution >= 4 is 30.2 Å². The molecule has 0 saturated carbocycles. The number of esters is 1. The van der Waals surface area contributed by atoms with Gasteiger partial charge in [0.2, 0.25) is 53.1 Å². The summed E-state index contributed by atoms with van der Waals surface area (Å²) in [4.78, 5) is 58.6. The maximum absolute atomic E-state index is 13.6. The van der Waals surface area contributed by atoms with Crippen LogP contribution in [0.25, 0.3) is 11.3 Å². The predicted molar refractivity (Wildman–Crippen MR) is 262 cm³/mol. The first-order valence-electron chi connectivity index (χ1n) is 25.1. The normalized spacial score (nSPS) is 12.7. The van der Waals surface area contributed by atoms with E-state index in [0.29, 0.717) is 50.2 Å². The topological polar surface area (TPSA) is 288 Å². The molecule has 3 atom stereocenters. The lowest BCUT2D eigenvalue weighted by molar-refractivity contribution is -0.227. The fraction of sp³-hybridized carbons (Fsp3) is 0.620. The number of halogens is 5. The average molecular weight is 1090 g/mol. The minimum absolute atomic E-state index is 0.0156. The standard InChI is InChI=1S/C45H61F5N6O15.C5H12/c46-38-39(47)41(49)43(42(50)40(38)48)71-37(62)12-17-66-19-21-68-23-24-69-22-20-67-18-15-56-27-34(54-55-56)31-7-5-30(6-8-31)25-35(60)52-26-33(59)10-9-32(53-36(61)28-57)11-13-45(65,44(63)64)70-16-4-2-1-3-14-51-29-58;1-3-5-4-2/h5-8,27,29,32-33,57,59,65H,1-4,9-26,28H2,(H,51,58)(H,52,60)(H,53,61)(H,63,64);3-5H2,1-2H3/t32?,33?,45-;/m0./s1. The Morgan fingerprint density at radius 2 is 1.34 bits per heavy atom. The van der Waals surface area contributed by atoms with Crippen molar-refractivity contribution in [2.24, 2.45) is 0 Å².